The highest BCUT2D eigenvalue weighted by molar-refractivity contribution is 6.26. The Morgan fingerprint density at radius 1 is 0.946 bits per heavy atom. The predicted molar refractivity (Wildman–Crippen MR) is 146 cm³/mol. The summed E-state index contributed by atoms with van der Waals surface area (Å²) in [6.07, 6.45) is 1.83. The molecule has 1 amide bonds. The van der Waals surface area contributed by atoms with Crippen LogP contribution < -0.4 is 15.8 Å². The number of nitrogens with two attached hydrogens (primary N) is 1. The minimum absolute atomic E-state index is 0.152. The number of nitrogen functional groups attached to an aromatic ring is 1. The molecule has 4 heterocycles. The lowest BCUT2D eigenvalue weighted by Crippen LogP contribution is -2.24. The summed E-state index contributed by atoms with van der Waals surface area (Å²) < 4.78 is 11.5. The van der Waals surface area contributed by atoms with Gasteiger partial charge in [0.1, 0.15) is 17.0 Å². The Kier molecular flexibility index (Phi) is 5.22. The van der Waals surface area contributed by atoms with Gasteiger partial charge in [0.15, 0.2) is 0 Å². The largest absolute Gasteiger partial charge is 0.481 e. The normalized spacial score (nSPS) is 11.6. The lowest BCUT2D eigenvalue weighted by Gasteiger charge is -2.12. The Hall–Kier alpha value is -4.65. The van der Waals surface area contributed by atoms with Crippen molar-refractivity contribution in [3.63, 3.8) is 0 Å². The summed E-state index contributed by atoms with van der Waals surface area (Å²) in [6.45, 7) is 6.30. The zero-order valence-electron chi connectivity index (χ0n) is 21.1. The fourth-order valence-corrected chi connectivity index (χ4v) is 5.15. The van der Waals surface area contributed by atoms with Crippen LogP contribution in [-0.2, 0) is 6.54 Å². The molecule has 0 spiro atoms. The molecule has 0 radical (unpaired) electrons. The molecule has 0 aliphatic rings. The van der Waals surface area contributed by atoms with Gasteiger partial charge in [0, 0.05) is 57.2 Å². The van der Waals surface area contributed by atoms with Crippen LogP contribution in [0, 0.1) is 20.8 Å². The van der Waals surface area contributed by atoms with Crippen LogP contribution in [0.1, 0.15) is 32.7 Å². The van der Waals surface area contributed by atoms with E-state index in [0.29, 0.717) is 23.8 Å². The zero-order chi connectivity index (χ0) is 25.8. The zero-order valence-corrected chi connectivity index (χ0v) is 21.1. The van der Waals surface area contributed by atoms with E-state index in [4.69, 9.17) is 14.9 Å². The molecule has 0 fully saturated rings. The summed E-state index contributed by atoms with van der Waals surface area (Å²) in [5.74, 6) is 0.920. The summed E-state index contributed by atoms with van der Waals surface area (Å²) in [5, 5.41) is 7.04. The van der Waals surface area contributed by atoms with E-state index in [2.05, 4.69) is 33.5 Å². The van der Waals surface area contributed by atoms with E-state index >= 15 is 0 Å². The van der Waals surface area contributed by atoms with Crippen LogP contribution in [0.5, 0.6) is 5.88 Å². The van der Waals surface area contributed by atoms with Crippen molar-refractivity contribution < 1.29 is 13.9 Å². The quantitative estimate of drug-likeness (QED) is 0.284. The van der Waals surface area contributed by atoms with E-state index in [0.717, 1.165) is 66.2 Å². The van der Waals surface area contributed by atoms with Gasteiger partial charge in [-0.05, 0) is 79.4 Å². The summed E-state index contributed by atoms with van der Waals surface area (Å²) in [6, 6.07) is 15.8. The molecule has 0 aliphatic carbocycles. The first-order valence-corrected chi connectivity index (χ1v) is 12.1. The highest BCUT2D eigenvalue weighted by Gasteiger charge is 2.20. The molecule has 184 valence electrons. The molecular weight excluding hydrogens is 464 g/mol. The number of benzene rings is 3. The first-order valence-electron chi connectivity index (χ1n) is 12.1. The molecule has 0 unspecified atom stereocenters. The number of amides is 1. The maximum Gasteiger partial charge on any atom is 0.251 e. The number of carbonyl (C=O) groups is 1. The second-order valence-corrected chi connectivity index (χ2v) is 9.43. The average Bonchev–Trinajstić information content (AvgIpc) is 3.44. The molecule has 6 rings (SSSR count). The summed E-state index contributed by atoms with van der Waals surface area (Å²) in [5.41, 5.74) is 14.0. The molecular formula is C30H26N4O3. The molecule has 7 heteroatoms. The van der Waals surface area contributed by atoms with Crippen LogP contribution in [0.3, 0.4) is 0 Å². The second kappa shape index (κ2) is 8.48. The minimum Gasteiger partial charge on any atom is -0.481 e. The van der Waals surface area contributed by atoms with E-state index < -0.39 is 0 Å². The van der Waals surface area contributed by atoms with Crippen LogP contribution in [0.25, 0.3) is 43.8 Å². The molecule has 0 atom stereocenters. The second-order valence-electron chi connectivity index (χ2n) is 9.43. The number of pyridine rings is 2. The predicted octanol–water partition coefficient (Wildman–Crippen LogP) is 6.08. The molecule has 2 aromatic carbocycles. The Bertz CT molecular complexity index is 1810. The minimum atomic E-state index is -0.152. The van der Waals surface area contributed by atoms with Gasteiger partial charge >= 0.3 is 0 Å². The molecule has 3 N–H and O–H groups in total. The fourth-order valence-electron chi connectivity index (χ4n) is 5.15. The van der Waals surface area contributed by atoms with Crippen molar-refractivity contribution in [2.24, 2.45) is 0 Å². The summed E-state index contributed by atoms with van der Waals surface area (Å²) in [7, 11) is 1.61. The number of hydrogen-bond acceptors (Lipinski definition) is 6. The molecule has 2 bridgehead atoms. The number of ether oxygens (including phenoxy) is 1. The summed E-state index contributed by atoms with van der Waals surface area (Å²) >= 11 is 0. The highest BCUT2D eigenvalue weighted by atomic mass is 16.5. The van der Waals surface area contributed by atoms with Gasteiger partial charge in [0.05, 0.1) is 7.11 Å². The van der Waals surface area contributed by atoms with Gasteiger partial charge in [0.2, 0.25) is 5.88 Å². The Balaban J connectivity index is 1.35. The molecule has 4 aromatic heterocycles. The Morgan fingerprint density at radius 2 is 1.68 bits per heavy atom. The van der Waals surface area contributed by atoms with Gasteiger partial charge in [-0.15, -0.1) is 0 Å². The number of aryl methyl sites for hydroxylation is 3. The molecule has 37 heavy (non-hydrogen) atoms. The third-order valence-corrected chi connectivity index (χ3v) is 7.09. The van der Waals surface area contributed by atoms with Gasteiger partial charge in [-0.1, -0.05) is 6.07 Å². The van der Waals surface area contributed by atoms with Crippen LogP contribution in [0.15, 0.2) is 59.1 Å². The van der Waals surface area contributed by atoms with Gasteiger partial charge in [-0.3, -0.25) is 4.79 Å². The van der Waals surface area contributed by atoms with Crippen molar-refractivity contribution in [1.29, 1.82) is 0 Å². The van der Waals surface area contributed by atoms with Gasteiger partial charge in [-0.25, -0.2) is 9.97 Å². The van der Waals surface area contributed by atoms with Crippen LogP contribution in [0.2, 0.25) is 0 Å². The van der Waals surface area contributed by atoms with Crippen LogP contribution in [-0.4, -0.2) is 23.0 Å². The third kappa shape index (κ3) is 3.71. The smallest absolute Gasteiger partial charge is 0.251 e. The van der Waals surface area contributed by atoms with E-state index in [1.165, 1.54) is 0 Å². The lowest BCUT2D eigenvalue weighted by atomic mass is 9.96. The molecule has 0 saturated heterocycles. The first-order chi connectivity index (χ1) is 17.8. The number of nitrogens with one attached hydrogen (secondary N) is 1. The first kappa shape index (κ1) is 22.8. The number of fused-ring (bicyclic) bond motifs is 8. The lowest BCUT2D eigenvalue weighted by molar-refractivity contribution is 0.0951. The van der Waals surface area contributed by atoms with Crippen LogP contribution >= 0.6 is 0 Å². The van der Waals surface area contributed by atoms with Gasteiger partial charge in [0.25, 0.3) is 5.91 Å². The van der Waals surface area contributed by atoms with Crippen molar-refractivity contribution >= 4 is 44.4 Å². The number of hydrogen-bond donors (Lipinski definition) is 2. The Labute approximate surface area is 213 Å². The highest BCUT2D eigenvalue weighted by Crippen LogP contribution is 2.42. The number of aromatic nitrogens is 2. The SMILES string of the molecule is COc1cc(C)c(-c2ccc3c(c2)c2oc3c3ccc(C(=O)NCc4c(C)cc(N)nc4C)cc32)cn1. The molecule has 7 nitrogen and oxygen atoms in total. The van der Waals surface area contributed by atoms with Crippen molar-refractivity contribution in [2.75, 3.05) is 12.8 Å². The maximum absolute atomic E-state index is 13.1. The van der Waals surface area contributed by atoms with Gasteiger partial charge < -0.3 is 20.2 Å². The number of anilines is 1. The number of carbonyl (C=O) groups excluding carboxylic acids is 1. The van der Waals surface area contributed by atoms with Gasteiger partial charge in [-0.2, -0.15) is 0 Å². The summed E-state index contributed by atoms with van der Waals surface area (Å²) in [4.78, 5) is 21.8. The number of furan rings is 2. The average molecular weight is 491 g/mol. The fraction of sp³-hybridized carbons (Fsp3) is 0.167. The van der Waals surface area contributed by atoms with Crippen molar-refractivity contribution in [1.82, 2.24) is 15.3 Å². The molecule has 6 aromatic rings. The Morgan fingerprint density at radius 3 is 2.41 bits per heavy atom. The maximum atomic E-state index is 13.1. The number of methoxy groups -OCH3 is 1. The van der Waals surface area contributed by atoms with E-state index in [-0.39, 0.29) is 5.91 Å². The number of rotatable bonds is 5. The van der Waals surface area contributed by atoms with E-state index in [1.54, 1.807) is 7.11 Å². The number of nitrogens with zero attached hydrogens (tertiary/aromatic N) is 2. The topological polar surface area (TPSA) is 103 Å². The standard InChI is InChI=1S/C30H26N4O3/c1-15-9-26(31)34-17(3)24(15)13-33-30(35)19-6-8-21-23(12-19)29-22-11-18(5-7-20(22)28(21)37-29)25-14-32-27(36-4)10-16(25)2/h5-12,14H,13H2,1-4H3,(H2,31,34)(H,33,35). The monoisotopic (exact) mass is 490 g/mol. The molecule has 0 saturated carbocycles. The van der Waals surface area contributed by atoms with Crippen LogP contribution in [0.4, 0.5) is 5.82 Å². The van der Waals surface area contributed by atoms with E-state index in [1.807, 2.05) is 57.3 Å². The van der Waals surface area contributed by atoms with Crippen molar-refractivity contribution in [2.45, 2.75) is 27.3 Å². The third-order valence-electron chi connectivity index (χ3n) is 7.09. The van der Waals surface area contributed by atoms with Crippen molar-refractivity contribution in [3.05, 3.63) is 82.7 Å². The van der Waals surface area contributed by atoms with E-state index in [9.17, 15) is 4.79 Å². The molecule has 0 aliphatic heterocycles. The van der Waals surface area contributed by atoms with Crippen molar-refractivity contribution in [3.8, 4) is 17.0 Å².